The molecule has 0 saturated carbocycles. The molecule has 0 aliphatic carbocycles. The Morgan fingerprint density at radius 2 is 1.90 bits per heavy atom. The number of hydrogen-bond donors (Lipinski definition) is 3. The second-order valence-electron chi connectivity index (χ2n) is 5.61. The smallest absolute Gasteiger partial charge is 0.257 e. The third-order valence-electron chi connectivity index (χ3n) is 3.11. The monoisotopic (exact) mass is 276 g/mol. The van der Waals surface area contributed by atoms with E-state index in [4.69, 9.17) is 5.84 Å². The van der Waals surface area contributed by atoms with Gasteiger partial charge < -0.3 is 5.32 Å². The molecule has 4 N–H and O–H groups in total. The van der Waals surface area contributed by atoms with Gasteiger partial charge in [-0.3, -0.25) is 5.43 Å². The van der Waals surface area contributed by atoms with E-state index in [0.717, 1.165) is 0 Å². The quantitative estimate of drug-likeness (QED) is 0.568. The number of hydrazine groups is 1. The van der Waals surface area contributed by atoms with Crippen molar-refractivity contribution >= 4 is 11.9 Å². The molecule has 8 heteroatoms. The normalized spacial score (nSPS) is 13.1. The molecule has 2 aromatic rings. The molecule has 108 valence electrons. The zero-order chi connectivity index (χ0) is 14.8. The number of hydrogen-bond acceptors (Lipinski definition) is 7. The molecule has 20 heavy (non-hydrogen) atoms. The van der Waals surface area contributed by atoms with Crippen molar-refractivity contribution in [3.8, 4) is 5.95 Å². The van der Waals surface area contributed by atoms with E-state index in [1.54, 1.807) is 23.1 Å². The number of anilines is 2. The molecule has 0 spiro atoms. The molecule has 1 atom stereocenters. The second kappa shape index (κ2) is 5.41. The highest BCUT2D eigenvalue weighted by Crippen LogP contribution is 2.21. The first-order valence-corrected chi connectivity index (χ1v) is 6.39. The fourth-order valence-corrected chi connectivity index (χ4v) is 1.39. The highest BCUT2D eigenvalue weighted by atomic mass is 15.4. The summed E-state index contributed by atoms with van der Waals surface area (Å²) < 4.78 is 1.55. The van der Waals surface area contributed by atoms with Crippen LogP contribution in [-0.4, -0.2) is 30.8 Å². The zero-order valence-electron chi connectivity index (χ0n) is 12.1. The van der Waals surface area contributed by atoms with Crippen LogP contribution in [-0.2, 0) is 0 Å². The predicted molar refractivity (Wildman–Crippen MR) is 77.3 cm³/mol. The van der Waals surface area contributed by atoms with Crippen LogP contribution in [0.25, 0.3) is 5.95 Å². The Balaban J connectivity index is 2.32. The molecule has 0 aliphatic rings. The van der Waals surface area contributed by atoms with Crippen molar-refractivity contribution in [2.24, 2.45) is 11.3 Å². The third-order valence-corrected chi connectivity index (χ3v) is 3.11. The SMILES string of the molecule is CC(Nc1nc(NN)nc(-n2cccn2)n1)C(C)(C)C. The van der Waals surface area contributed by atoms with Crippen LogP contribution in [0.15, 0.2) is 18.5 Å². The molecule has 2 heterocycles. The van der Waals surface area contributed by atoms with Gasteiger partial charge in [-0.15, -0.1) is 0 Å². The van der Waals surface area contributed by atoms with Crippen molar-refractivity contribution in [1.82, 2.24) is 24.7 Å². The summed E-state index contributed by atoms with van der Waals surface area (Å²) in [5.41, 5.74) is 2.52. The van der Waals surface area contributed by atoms with Crippen LogP contribution in [0.2, 0.25) is 0 Å². The Morgan fingerprint density at radius 1 is 1.20 bits per heavy atom. The molecule has 8 nitrogen and oxygen atoms in total. The lowest BCUT2D eigenvalue weighted by Crippen LogP contribution is -2.32. The van der Waals surface area contributed by atoms with Crippen LogP contribution in [0.5, 0.6) is 0 Å². The van der Waals surface area contributed by atoms with Crippen molar-refractivity contribution in [1.29, 1.82) is 0 Å². The van der Waals surface area contributed by atoms with E-state index in [-0.39, 0.29) is 17.4 Å². The summed E-state index contributed by atoms with van der Waals surface area (Å²) in [7, 11) is 0. The minimum absolute atomic E-state index is 0.0782. The molecule has 0 bridgehead atoms. The molecule has 1 unspecified atom stereocenters. The minimum Gasteiger partial charge on any atom is -0.351 e. The summed E-state index contributed by atoms with van der Waals surface area (Å²) in [5, 5.41) is 7.36. The predicted octanol–water partition coefficient (Wildman–Crippen LogP) is 1.19. The Hall–Kier alpha value is -2.22. The lowest BCUT2D eigenvalue weighted by atomic mass is 9.88. The van der Waals surface area contributed by atoms with Crippen molar-refractivity contribution in [3.63, 3.8) is 0 Å². The Labute approximate surface area is 117 Å². The van der Waals surface area contributed by atoms with Gasteiger partial charge in [0.1, 0.15) is 0 Å². The Morgan fingerprint density at radius 3 is 2.45 bits per heavy atom. The number of nitrogen functional groups attached to an aromatic ring is 1. The van der Waals surface area contributed by atoms with E-state index < -0.39 is 0 Å². The van der Waals surface area contributed by atoms with Crippen molar-refractivity contribution in [3.05, 3.63) is 18.5 Å². The molecule has 0 saturated heterocycles. The van der Waals surface area contributed by atoms with E-state index in [1.807, 2.05) is 0 Å². The highest BCUT2D eigenvalue weighted by molar-refractivity contribution is 5.37. The molecule has 2 rings (SSSR count). The zero-order valence-corrected chi connectivity index (χ0v) is 12.1. The maximum absolute atomic E-state index is 5.40. The summed E-state index contributed by atoms with van der Waals surface area (Å²) in [4.78, 5) is 12.7. The number of nitrogens with one attached hydrogen (secondary N) is 2. The summed E-state index contributed by atoms with van der Waals surface area (Å²) in [6.07, 6.45) is 3.41. The average molecular weight is 276 g/mol. The van der Waals surface area contributed by atoms with Crippen molar-refractivity contribution < 1.29 is 0 Å². The topological polar surface area (TPSA) is 107 Å². The fourth-order valence-electron chi connectivity index (χ4n) is 1.39. The van der Waals surface area contributed by atoms with Crippen LogP contribution >= 0.6 is 0 Å². The van der Waals surface area contributed by atoms with Gasteiger partial charge in [0, 0.05) is 18.4 Å². The minimum atomic E-state index is 0.0782. The Bertz CT molecular complexity index is 557. The summed E-state index contributed by atoms with van der Waals surface area (Å²) >= 11 is 0. The summed E-state index contributed by atoms with van der Waals surface area (Å²) in [6.45, 7) is 8.50. The van der Waals surface area contributed by atoms with Crippen molar-refractivity contribution in [2.45, 2.75) is 33.7 Å². The molecular weight excluding hydrogens is 256 g/mol. The maximum atomic E-state index is 5.40. The van der Waals surface area contributed by atoms with Gasteiger partial charge in [0.05, 0.1) is 0 Å². The van der Waals surface area contributed by atoms with Gasteiger partial charge >= 0.3 is 0 Å². The first kappa shape index (κ1) is 14.2. The summed E-state index contributed by atoms with van der Waals surface area (Å²) in [5.74, 6) is 6.55. The van der Waals surface area contributed by atoms with Gasteiger partial charge in [-0.05, 0) is 18.4 Å². The van der Waals surface area contributed by atoms with Crippen LogP contribution < -0.4 is 16.6 Å². The number of nitrogens with zero attached hydrogens (tertiary/aromatic N) is 5. The Kier molecular flexibility index (Phi) is 3.84. The standard InChI is InChI=1S/C12H20N8/c1-8(12(2,3)4)15-9-16-10(19-13)18-11(17-9)20-7-5-6-14-20/h5-8H,13H2,1-4H3,(H2,15,16,17,18,19). The number of aromatic nitrogens is 5. The summed E-state index contributed by atoms with van der Waals surface area (Å²) in [6, 6.07) is 1.98. The van der Waals surface area contributed by atoms with Crippen molar-refractivity contribution in [2.75, 3.05) is 10.7 Å². The molecule has 0 radical (unpaired) electrons. The highest BCUT2D eigenvalue weighted by Gasteiger charge is 2.21. The van der Waals surface area contributed by atoms with E-state index >= 15 is 0 Å². The third kappa shape index (κ3) is 3.21. The lowest BCUT2D eigenvalue weighted by molar-refractivity contribution is 0.358. The van der Waals surface area contributed by atoms with Gasteiger partial charge in [0.2, 0.25) is 11.9 Å². The fraction of sp³-hybridized carbons (Fsp3) is 0.500. The van der Waals surface area contributed by atoms with E-state index in [0.29, 0.717) is 11.9 Å². The number of rotatable bonds is 4. The van der Waals surface area contributed by atoms with Crippen LogP contribution in [0.1, 0.15) is 27.7 Å². The van der Waals surface area contributed by atoms with Gasteiger partial charge in [-0.1, -0.05) is 20.8 Å². The molecule has 0 aliphatic heterocycles. The first-order valence-electron chi connectivity index (χ1n) is 6.39. The first-order chi connectivity index (χ1) is 9.40. The maximum Gasteiger partial charge on any atom is 0.257 e. The van der Waals surface area contributed by atoms with Crippen LogP contribution in [0.4, 0.5) is 11.9 Å². The molecule has 0 fully saturated rings. The van der Waals surface area contributed by atoms with Gasteiger partial charge in [-0.25, -0.2) is 10.5 Å². The largest absolute Gasteiger partial charge is 0.351 e. The second-order valence-corrected chi connectivity index (χ2v) is 5.61. The van der Waals surface area contributed by atoms with E-state index in [2.05, 4.69) is 58.5 Å². The number of nitrogens with two attached hydrogens (primary N) is 1. The molecular formula is C12H20N8. The van der Waals surface area contributed by atoms with E-state index in [1.165, 1.54) is 0 Å². The van der Waals surface area contributed by atoms with Crippen LogP contribution in [0, 0.1) is 5.41 Å². The molecule has 2 aromatic heterocycles. The van der Waals surface area contributed by atoms with Gasteiger partial charge in [-0.2, -0.15) is 20.1 Å². The molecule has 0 aromatic carbocycles. The lowest BCUT2D eigenvalue weighted by Gasteiger charge is -2.28. The van der Waals surface area contributed by atoms with Crippen LogP contribution in [0.3, 0.4) is 0 Å². The average Bonchev–Trinajstić information content (AvgIpc) is 2.91. The van der Waals surface area contributed by atoms with Gasteiger partial charge in [0.15, 0.2) is 0 Å². The van der Waals surface area contributed by atoms with E-state index in [9.17, 15) is 0 Å². The van der Waals surface area contributed by atoms with Gasteiger partial charge in [0.25, 0.3) is 5.95 Å². The molecule has 0 amide bonds.